The van der Waals surface area contributed by atoms with Gasteiger partial charge in [-0.2, -0.15) is 0 Å². The highest BCUT2D eigenvalue weighted by Gasteiger charge is 2.29. The molecule has 2 heterocycles. The first kappa shape index (κ1) is 15.1. The van der Waals surface area contributed by atoms with Gasteiger partial charge in [-0.3, -0.25) is 0 Å². The van der Waals surface area contributed by atoms with E-state index in [1.807, 2.05) is 19.1 Å². The number of halogens is 2. The number of piperidine rings is 1. The Kier molecular flexibility index (Phi) is 4.17. The van der Waals surface area contributed by atoms with E-state index >= 15 is 0 Å². The minimum absolute atomic E-state index is 0.108. The predicted octanol–water partition coefficient (Wildman–Crippen LogP) is 4.50. The summed E-state index contributed by atoms with van der Waals surface area (Å²) in [6.45, 7) is 6.51. The number of rotatable bonds is 2. The molecule has 1 aromatic heterocycles. The van der Waals surface area contributed by atoms with Crippen LogP contribution in [0.1, 0.15) is 37.5 Å². The number of benzene rings is 1. The van der Waals surface area contributed by atoms with Crippen molar-refractivity contribution in [1.82, 2.24) is 14.5 Å². The van der Waals surface area contributed by atoms with Crippen LogP contribution in [0.4, 0.5) is 0 Å². The van der Waals surface area contributed by atoms with Gasteiger partial charge in [-0.25, -0.2) is 4.98 Å². The molecule has 1 aromatic carbocycles. The largest absolute Gasteiger partial charge is 0.323 e. The van der Waals surface area contributed by atoms with Crippen LogP contribution in [0.3, 0.4) is 0 Å². The molecule has 114 valence electrons. The summed E-state index contributed by atoms with van der Waals surface area (Å²) in [5.74, 6) is 1.53. The van der Waals surface area contributed by atoms with Crippen molar-refractivity contribution >= 4 is 34.2 Å². The van der Waals surface area contributed by atoms with Crippen molar-refractivity contribution in [3.63, 3.8) is 0 Å². The van der Waals surface area contributed by atoms with Crippen LogP contribution in [0.25, 0.3) is 11.0 Å². The van der Waals surface area contributed by atoms with Crippen LogP contribution in [0, 0.1) is 5.92 Å². The van der Waals surface area contributed by atoms with E-state index in [9.17, 15) is 0 Å². The van der Waals surface area contributed by atoms with Crippen molar-refractivity contribution in [2.75, 3.05) is 20.1 Å². The Hall–Kier alpha value is -0.770. The van der Waals surface area contributed by atoms with Gasteiger partial charge >= 0.3 is 0 Å². The molecular weight excluding hydrogens is 305 g/mol. The molecule has 0 radical (unpaired) electrons. The average molecular weight is 326 g/mol. The zero-order chi connectivity index (χ0) is 15.1. The lowest BCUT2D eigenvalue weighted by atomic mass is 9.93. The molecule has 3 unspecified atom stereocenters. The predicted molar refractivity (Wildman–Crippen MR) is 89.3 cm³/mol. The maximum absolute atomic E-state index is 6.39. The normalized spacial score (nSPS) is 25.4. The summed E-state index contributed by atoms with van der Waals surface area (Å²) in [5.41, 5.74) is 2.08. The number of imidazole rings is 1. The standard InChI is InChI=1S/C16H21Cl2N3/c1-10-9-20(3)7-6-14(10)21-15-5-4-12(18)8-13(15)19-16(21)11(2)17/h4-5,8,10-11,14H,6-7,9H2,1-3H3. The molecule has 0 spiro atoms. The SMILES string of the molecule is CC(Cl)c1nc2cc(Cl)ccc2n1C1CCN(C)CC1C. The maximum atomic E-state index is 6.39. The van der Waals surface area contributed by atoms with E-state index in [0.29, 0.717) is 12.0 Å². The van der Waals surface area contributed by atoms with Gasteiger partial charge in [0.25, 0.3) is 0 Å². The molecule has 3 rings (SSSR count). The molecule has 1 fully saturated rings. The van der Waals surface area contributed by atoms with Gasteiger partial charge in [0, 0.05) is 17.6 Å². The lowest BCUT2D eigenvalue weighted by Crippen LogP contribution is -2.38. The van der Waals surface area contributed by atoms with Crippen LogP contribution in [0.2, 0.25) is 5.02 Å². The van der Waals surface area contributed by atoms with Gasteiger partial charge in [0.15, 0.2) is 0 Å². The van der Waals surface area contributed by atoms with E-state index in [0.717, 1.165) is 41.4 Å². The molecule has 2 aromatic rings. The number of likely N-dealkylation sites (tertiary alicyclic amines) is 1. The fourth-order valence-corrected chi connectivity index (χ4v) is 3.77. The van der Waals surface area contributed by atoms with Gasteiger partial charge in [-0.15, -0.1) is 11.6 Å². The molecule has 5 heteroatoms. The van der Waals surface area contributed by atoms with E-state index in [1.165, 1.54) is 0 Å². The Morgan fingerprint density at radius 1 is 1.38 bits per heavy atom. The number of hydrogen-bond donors (Lipinski definition) is 0. The molecular formula is C16H21Cl2N3. The summed E-state index contributed by atoms with van der Waals surface area (Å²) in [6.07, 6.45) is 1.13. The number of nitrogens with zero attached hydrogens (tertiary/aromatic N) is 3. The summed E-state index contributed by atoms with van der Waals surface area (Å²) < 4.78 is 2.35. The number of aromatic nitrogens is 2. The lowest BCUT2D eigenvalue weighted by molar-refractivity contribution is 0.159. The van der Waals surface area contributed by atoms with Gasteiger partial charge in [0.2, 0.25) is 0 Å². The van der Waals surface area contributed by atoms with E-state index in [2.05, 4.69) is 29.5 Å². The molecule has 1 aliphatic rings. The Bertz CT molecular complexity index is 650. The van der Waals surface area contributed by atoms with Crippen molar-refractivity contribution in [2.45, 2.75) is 31.7 Å². The third-order valence-electron chi connectivity index (χ3n) is 4.43. The molecule has 1 saturated heterocycles. The second-order valence-electron chi connectivity index (χ2n) is 6.18. The highest BCUT2D eigenvalue weighted by atomic mass is 35.5. The van der Waals surface area contributed by atoms with E-state index in [4.69, 9.17) is 28.2 Å². The summed E-state index contributed by atoms with van der Waals surface area (Å²) in [4.78, 5) is 7.12. The zero-order valence-corrected chi connectivity index (χ0v) is 14.2. The minimum atomic E-state index is -0.108. The molecule has 3 nitrogen and oxygen atoms in total. The molecule has 0 amide bonds. The Morgan fingerprint density at radius 3 is 2.81 bits per heavy atom. The van der Waals surface area contributed by atoms with Gasteiger partial charge in [0.1, 0.15) is 5.82 Å². The fourth-order valence-electron chi connectivity index (χ4n) is 3.45. The van der Waals surface area contributed by atoms with Crippen molar-refractivity contribution in [3.05, 3.63) is 29.0 Å². The molecule has 0 N–H and O–H groups in total. The van der Waals surface area contributed by atoms with Crippen molar-refractivity contribution in [1.29, 1.82) is 0 Å². The molecule has 3 atom stereocenters. The van der Waals surface area contributed by atoms with Gasteiger partial charge in [-0.1, -0.05) is 18.5 Å². The third-order valence-corrected chi connectivity index (χ3v) is 4.86. The van der Waals surface area contributed by atoms with Crippen LogP contribution in [0.5, 0.6) is 0 Å². The summed E-state index contributed by atoms with van der Waals surface area (Å²) in [6, 6.07) is 6.38. The zero-order valence-electron chi connectivity index (χ0n) is 12.7. The Labute approximate surface area is 135 Å². The van der Waals surface area contributed by atoms with E-state index in [-0.39, 0.29) is 5.38 Å². The number of hydrogen-bond acceptors (Lipinski definition) is 2. The molecule has 1 aliphatic heterocycles. The minimum Gasteiger partial charge on any atom is -0.323 e. The van der Waals surface area contributed by atoms with Crippen LogP contribution in [0.15, 0.2) is 18.2 Å². The topological polar surface area (TPSA) is 21.1 Å². The number of alkyl halides is 1. The van der Waals surface area contributed by atoms with Crippen molar-refractivity contribution in [2.24, 2.45) is 5.92 Å². The van der Waals surface area contributed by atoms with Crippen LogP contribution < -0.4 is 0 Å². The van der Waals surface area contributed by atoms with E-state index < -0.39 is 0 Å². The first-order chi connectivity index (χ1) is 9.97. The van der Waals surface area contributed by atoms with Crippen molar-refractivity contribution in [3.8, 4) is 0 Å². The Balaban J connectivity index is 2.13. The maximum Gasteiger partial charge on any atom is 0.127 e. The third kappa shape index (κ3) is 2.79. The summed E-state index contributed by atoms with van der Waals surface area (Å²) >= 11 is 12.5. The molecule has 0 bridgehead atoms. The second-order valence-corrected chi connectivity index (χ2v) is 7.28. The fraction of sp³-hybridized carbons (Fsp3) is 0.562. The molecule has 21 heavy (non-hydrogen) atoms. The molecule has 0 saturated carbocycles. The lowest BCUT2D eigenvalue weighted by Gasteiger charge is -2.36. The average Bonchev–Trinajstić information content (AvgIpc) is 2.77. The van der Waals surface area contributed by atoms with Crippen LogP contribution in [-0.2, 0) is 0 Å². The smallest absolute Gasteiger partial charge is 0.127 e. The monoisotopic (exact) mass is 325 g/mol. The molecule has 0 aliphatic carbocycles. The van der Waals surface area contributed by atoms with Gasteiger partial charge in [-0.05, 0) is 51.1 Å². The highest BCUT2D eigenvalue weighted by molar-refractivity contribution is 6.31. The Morgan fingerprint density at radius 2 is 2.14 bits per heavy atom. The van der Waals surface area contributed by atoms with Crippen LogP contribution in [-0.4, -0.2) is 34.6 Å². The highest BCUT2D eigenvalue weighted by Crippen LogP contribution is 2.35. The van der Waals surface area contributed by atoms with E-state index in [1.54, 1.807) is 0 Å². The first-order valence-corrected chi connectivity index (χ1v) is 8.29. The summed E-state index contributed by atoms with van der Waals surface area (Å²) in [7, 11) is 2.18. The van der Waals surface area contributed by atoms with Crippen LogP contribution >= 0.6 is 23.2 Å². The van der Waals surface area contributed by atoms with Crippen molar-refractivity contribution < 1.29 is 0 Å². The number of fused-ring (bicyclic) bond motifs is 1. The second kappa shape index (κ2) is 5.79. The first-order valence-electron chi connectivity index (χ1n) is 7.47. The summed E-state index contributed by atoms with van der Waals surface area (Å²) in [5, 5.41) is 0.611. The van der Waals surface area contributed by atoms with Gasteiger partial charge in [0.05, 0.1) is 16.4 Å². The quantitative estimate of drug-likeness (QED) is 0.758. The van der Waals surface area contributed by atoms with Gasteiger partial charge < -0.3 is 9.47 Å².